The van der Waals surface area contributed by atoms with Crippen molar-refractivity contribution in [2.75, 3.05) is 18.0 Å². The summed E-state index contributed by atoms with van der Waals surface area (Å²) in [5, 5.41) is 11.4. The summed E-state index contributed by atoms with van der Waals surface area (Å²) in [7, 11) is 0. The van der Waals surface area contributed by atoms with Crippen molar-refractivity contribution < 1.29 is 4.92 Å². The van der Waals surface area contributed by atoms with Gasteiger partial charge in [0.1, 0.15) is 0 Å². The molecule has 0 aromatic heterocycles. The molecule has 1 heterocycles. The molecule has 4 nitrogen and oxygen atoms in total. The van der Waals surface area contributed by atoms with Crippen LogP contribution in [0.1, 0.15) is 32.3 Å². The van der Waals surface area contributed by atoms with Gasteiger partial charge in [-0.25, -0.2) is 0 Å². The van der Waals surface area contributed by atoms with Crippen molar-refractivity contribution in [1.29, 1.82) is 0 Å². The predicted molar refractivity (Wildman–Crippen MR) is 81.0 cm³/mol. The average molecular weight is 327 g/mol. The number of halogens is 1. The fraction of sp³-hybridized carbons (Fsp3) is 0.571. The van der Waals surface area contributed by atoms with E-state index in [1.165, 1.54) is 0 Å². The standard InChI is InChI=1S/C14H19BrN2O2/c1-14(2)5-7-16(8-6-14)12-3-4-13(17(18)19)11(9-12)10-15/h3-4,9H,5-8,10H2,1-2H3. The van der Waals surface area contributed by atoms with E-state index in [1.54, 1.807) is 6.07 Å². The quantitative estimate of drug-likeness (QED) is 0.477. The van der Waals surface area contributed by atoms with Crippen LogP contribution < -0.4 is 4.90 Å². The van der Waals surface area contributed by atoms with E-state index in [9.17, 15) is 10.1 Å². The molecule has 0 saturated carbocycles. The molecule has 1 aliphatic rings. The Kier molecular flexibility index (Phi) is 4.13. The molecule has 0 aliphatic carbocycles. The monoisotopic (exact) mass is 326 g/mol. The van der Waals surface area contributed by atoms with E-state index in [2.05, 4.69) is 34.7 Å². The summed E-state index contributed by atoms with van der Waals surface area (Å²) in [4.78, 5) is 12.9. The number of anilines is 1. The number of benzene rings is 1. The summed E-state index contributed by atoms with van der Waals surface area (Å²) in [6, 6.07) is 5.42. The maximum atomic E-state index is 10.9. The summed E-state index contributed by atoms with van der Waals surface area (Å²) in [6.07, 6.45) is 2.32. The van der Waals surface area contributed by atoms with Crippen LogP contribution in [0, 0.1) is 15.5 Å². The highest BCUT2D eigenvalue weighted by molar-refractivity contribution is 9.08. The van der Waals surface area contributed by atoms with Gasteiger partial charge in [-0.15, -0.1) is 0 Å². The van der Waals surface area contributed by atoms with Crippen LogP contribution in [-0.4, -0.2) is 18.0 Å². The van der Waals surface area contributed by atoms with Crippen molar-refractivity contribution in [3.63, 3.8) is 0 Å². The first kappa shape index (κ1) is 14.3. The van der Waals surface area contributed by atoms with E-state index in [1.807, 2.05) is 12.1 Å². The van der Waals surface area contributed by atoms with E-state index in [4.69, 9.17) is 0 Å². The maximum absolute atomic E-state index is 10.9. The van der Waals surface area contributed by atoms with Gasteiger partial charge in [0, 0.05) is 35.7 Å². The number of nitrogens with zero attached hydrogens (tertiary/aromatic N) is 2. The molecule has 0 spiro atoms. The smallest absolute Gasteiger partial charge is 0.273 e. The van der Waals surface area contributed by atoms with E-state index in [0.29, 0.717) is 10.7 Å². The highest BCUT2D eigenvalue weighted by Gasteiger charge is 2.26. The lowest BCUT2D eigenvalue weighted by Gasteiger charge is -2.38. The van der Waals surface area contributed by atoms with Crippen molar-refractivity contribution in [2.24, 2.45) is 5.41 Å². The Morgan fingerprint density at radius 1 is 1.37 bits per heavy atom. The summed E-state index contributed by atoms with van der Waals surface area (Å²) in [5.41, 5.74) is 2.44. The van der Waals surface area contributed by atoms with Crippen molar-refractivity contribution >= 4 is 27.3 Å². The zero-order chi connectivity index (χ0) is 14.0. The molecule has 1 aromatic carbocycles. The Morgan fingerprint density at radius 2 is 2.00 bits per heavy atom. The third-order valence-electron chi connectivity index (χ3n) is 3.89. The van der Waals surface area contributed by atoms with Gasteiger partial charge in [-0.3, -0.25) is 10.1 Å². The van der Waals surface area contributed by atoms with Crippen LogP contribution >= 0.6 is 15.9 Å². The van der Waals surface area contributed by atoms with Gasteiger partial charge in [0.2, 0.25) is 0 Å². The first-order valence-electron chi connectivity index (χ1n) is 6.51. The highest BCUT2D eigenvalue weighted by atomic mass is 79.9. The van der Waals surface area contributed by atoms with Crippen LogP contribution in [0.2, 0.25) is 0 Å². The first-order valence-corrected chi connectivity index (χ1v) is 7.63. The van der Waals surface area contributed by atoms with Crippen LogP contribution in [0.4, 0.5) is 11.4 Å². The normalized spacial score (nSPS) is 18.4. The van der Waals surface area contributed by atoms with Crippen LogP contribution in [0.15, 0.2) is 18.2 Å². The van der Waals surface area contributed by atoms with E-state index in [0.717, 1.165) is 37.2 Å². The zero-order valence-electron chi connectivity index (χ0n) is 11.4. The molecule has 19 heavy (non-hydrogen) atoms. The van der Waals surface area contributed by atoms with Crippen molar-refractivity contribution in [2.45, 2.75) is 32.0 Å². The molecular formula is C14H19BrN2O2. The lowest BCUT2D eigenvalue weighted by atomic mass is 9.82. The fourth-order valence-electron chi connectivity index (χ4n) is 2.42. The van der Waals surface area contributed by atoms with Crippen LogP contribution in [0.5, 0.6) is 0 Å². The van der Waals surface area contributed by atoms with E-state index in [-0.39, 0.29) is 10.6 Å². The molecule has 1 aliphatic heterocycles. The Labute approximate surface area is 122 Å². The van der Waals surface area contributed by atoms with Gasteiger partial charge in [-0.1, -0.05) is 29.8 Å². The number of alkyl halides is 1. The molecule has 1 aromatic rings. The third kappa shape index (κ3) is 3.26. The van der Waals surface area contributed by atoms with Crippen molar-refractivity contribution in [3.8, 4) is 0 Å². The second kappa shape index (κ2) is 5.49. The van der Waals surface area contributed by atoms with Gasteiger partial charge in [-0.05, 0) is 30.4 Å². The largest absolute Gasteiger partial charge is 0.371 e. The average Bonchev–Trinajstić information content (AvgIpc) is 2.37. The molecule has 1 fully saturated rings. The Morgan fingerprint density at radius 3 is 2.53 bits per heavy atom. The molecule has 2 rings (SSSR count). The minimum atomic E-state index is -0.320. The summed E-state index contributed by atoms with van der Waals surface area (Å²) in [6.45, 7) is 6.63. The summed E-state index contributed by atoms with van der Waals surface area (Å²) >= 11 is 3.33. The Hall–Kier alpha value is -1.10. The van der Waals surface area contributed by atoms with Gasteiger partial charge in [0.15, 0.2) is 0 Å². The Balaban J connectivity index is 2.20. The molecule has 5 heteroatoms. The van der Waals surface area contributed by atoms with Gasteiger partial charge in [-0.2, -0.15) is 0 Å². The SMILES string of the molecule is CC1(C)CCN(c2ccc([N+](=O)[O-])c(CBr)c2)CC1. The van der Waals surface area contributed by atoms with Crippen LogP contribution in [0.3, 0.4) is 0 Å². The van der Waals surface area contributed by atoms with E-state index >= 15 is 0 Å². The lowest BCUT2D eigenvalue weighted by molar-refractivity contribution is -0.385. The van der Waals surface area contributed by atoms with Gasteiger partial charge < -0.3 is 4.90 Å². The number of nitro groups is 1. The molecule has 1 saturated heterocycles. The topological polar surface area (TPSA) is 46.4 Å². The van der Waals surface area contributed by atoms with Gasteiger partial charge in [0.25, 0.3) is 5.69 Å². The van der Waals surface area contributed by atoms with Crippen LogP contribution in [0.25, 0.3) is 0 Å². The molecule has 0 N–H and O–H groups in total. The summed E-state index contributed by atoms with van der Waals surface area (Å²) < 4.78 is 0. The molecule has 0 radical (unpaired) electrons. The highest BCUT2D eigenvalue weighted by Crippen LogP contribution is 2.34. The van der Waals surface area contributed by atoms with Crippen molar-refractivity contribution in [1.82, 2.24) is 0 Å². The molecule has 0 bridgehead atoms. The summed E-state index contributed by atoms with van der Waals surface area (Å²) in [5.74, 6) is 0. The van der Waals surface area contributed by atoms with E-state index < -0.39 is 0 Å². The number of hydrogen-bond acceptors (Lipinski definition) is 3. The first-order chi connectivity index (χ1) is 8.93. The van der Waals surface area contributed by atoms with Gasteiger partial charge in [0.05, 0.1) is 4.92 Å². The molecule has 0 amide bonds. The molecule has 104 valence electrons. The number of nitro benzene ring substituents is 1. The van der Waals surface area contributed by atoms with Crippen LogP contribution in [-0.2, 0) is 5.33 Å². The number of hydrogen-bond donors (Lipinski definition) is 0. The fourth-order valence-corrected chi connectivity index (χ4v) is 2.87. The van der Waals surface area contributed by atoms with Crippen molar-refractivity contribution in [3.05, 3.63) is 33.9 Å². The second-order valence-electron chi connectivity index (χ2n) is 5.86. The number of rotatable bonds is 3. The van der Waals surface area contributed by atoms with Gasteiger partial charge >= 0.3 is 0 Å². The second-order valence-corrected chi connectivity index (χ2v) is 6.42. The minimum Gasteiger partial charge on any atom is -0.371 e. The maximum Gasteiger partial charge on any atom is 0.273 e. The minimum absolute atomic E-state index is 0.193. The zero-order valence-corrected chi connectivity index (χ0v) is 12.9. The third-order valence-corrected chi connectivity index (χ3v) is 4.49. The number of piperidine rings is 1. The molecular weight excluding hydrogens is 308 g/mol. The molecule has 0 atom stereocenters. The Bertz CT molecular complexity index is 478. The lowest BCUT2D eigenvalue weighted by Crippen LogP contribution is -2.37. The molecule has 0 unspecified atom stereocenters. The predicted octanol–water partition coefficient (Wildman–Crippen LogP) is 4.12.